The van der Waals surface area contributed by atoms with Crippen LogP contribution in [0.2, 0.25) is 0 Å². The van der Waals surface area contributed by atoms with Crippen LogP contribution < -0.4 is 0 Å². The normalized spacial score (nSPS) is 15.0. The van der Waals surface area contributed by atoms with Gasteiger partial charge >= 0.3 is 5.97 Å². The Labute approximate surface area is 164 Å². The van der Waals surface area contributed by atoms with Crippen LogP contribution in [0.25, 0.3) is 11.6 Å². The van der Waals surface area contributed by atoms with E-state index in [0.29, 0.717) is 14.4 Å². The lowest BCUT2D eigenvalue weighted by atomic mass is 10.1. The van der Waals surface area contributed by atoms with Crippen LogP contribution in [0.15, 0.2) is 59.6 Å². The average molecular weight is 394 g/mol. The molecule has 1 atom stereocenters. The first kappa shape index (κ1) is 17.4. The number of hydrogen-bond acceptors (Lipinski definition) is 5. The van der Waals surface area contributed by atoms with Gasteiger partial charge in [0.25, 0.3) is 0 Å². The fraction of sp³-hybridized carbons (Fsp3) is 0.0500. The van der Waals surface area contributed by atoms with Crippen LogP contribution in [-0.4, -0.2) is 27.0 Å². The lowest BCUT2D eigenvalue weighted by Gasteiger charge is -2.15. The Kier molecular flexibility index (Phi) is 4.47. The van der Waals surface area contributed by atoms with Crippen molar-refractivity contribution in [2.75, 3.05) is 0 Å². The molecule has 0 saturated heterocycles. The maximum Gasteiger partial charge on any atom is 0.331 e. The molecule has 0 bridgehead atoms. The third-order valence-corrected chi connectivity index (χ3v) is 5.63. The average Bonchev–Trinajstić information content (AvgIpc) is 3.19. The Bertz CT molecular complexity index is 1140. The van der Waals surface area contributed by atoms with Gasteiger partial charge in [-0.2, -0.15) is 0 Å². The van der Waals surface area contributed by atoms with E-state index in [0.717, 1.165) is 16.8 Å². The molecule has 0 aliphatic carbocycles. The quantitative estimate of drug-likeness (QED) is 0.616. The first-order valence-electron chi connectivity index (χ1n) is 8.13. The number of aliphatic carboxylic acids is 1. The number of aliphatic imine (C=N–C) groups is 1. The predicted molar refractivity (Wildman–Crippen MR) is 109 cm³/mol. The summed E-state index contributed by atoms with van der Waals surface area (Å²) in [7, 11) is 0. The van der Waals surface area contributed by atoms with E-state index in [2.05, 4.69) is 4.99 Å². The van der Waals surface area contributed by atoms with E-state index in [9.17, 15) is 15.0 Å². The van der Waals surface area contributed by atoms with Gasteiger partial charge in [0, 0.05) is 17.4 Å². The fourth-order valence-corrected chi connectivity index (χ4v) is 4.36. The van der Waals surface area contributed by atoms with Crippen LogP contribution in [0.5, 0.6) is 5.88 Å². The second kappa shape index (κ2) is 6.94. The highest BCUT2D eigenvalue weighted by atomic mass is 32.1. The summed E-state index contributed by atoms with van der Waals surface area (Å²) in [5.74, 6) is -1.25. The van der Waals surface area contributed by atoms with Gasteiger partial charge in [0.15, 0.2) is 10.00 Å². The smallest absolute Gasteiger partial charge is 0.331 e. The Morgan fingerprint density at radius 2 is 1.85 bits per heavy atom. The van der Waals surface area contributed by atoms with Gasteiger partial charge in [-0.3, -0.25) is 9.56 Å². The lowest BCUT2D eigenvalue weighted by Crippen LogP contribution is -2.20. The van der Waals surface area contributed by atoms with Crippen LogP contribution >= 0.6 is 23.6 Å². The van der Waals surface area contributed by atoms with E-state index in [1.165, 1.54) is 15.9 Å². The zero-order chi connectivity index (χ0) is 19.0. The highest BCUT2D eigenvalue weighted by Crippen LogP contribution is 2.38. The summed E-state index contributed by atoms with van der Waals surface area (Å²) in [6, 6.07) is 15.3. The summed E-state index contributed by atoms with van der Waals surface area (Å²) >= 11 is 6.54. The van der Waals surface area contributed by atoms with Gasteiger partial charge < -0.3 is 10.2 Å². The molecule has 0 amide bonds. The second-order valence-corrected chi connectivity index (χ2v) is 7.63. The molecular formula is C20H14N2O3S2. The highest BCUT2D eigenvalue weighted by Gasteiger charge is 2.27. The molecule has 0 saturated carbocycles. The van der Waals surface area contributed by atoms with Crippen LogP contribution in [0.4, 0.5) is 5.69 Å². The molecule has 134 valence electrons. The predicted octanol–water partition coefficient (Wildman–Crippen LogP) is 4.92. The molecule has 0 spiro atoms. The fourth-order valence-electron chi connectivity index (χ4n) is 3.05. The monoisotopic (exact) mass is 394 g/mol. The largest absolute Gasteiger partial charge is 0.493 e. The molecule has 1 aliphatic heterocycles. The number of carbonyl (C=O) groups is 1. The molecule has 5 nitrogen and oxygen atoms in total. The summed E-state index contributed by atoms with van der Waals surface area (Å²) in [4.78, 5) is 16.8. The van der Waals surface area contributed by atoms with Crippen LogP contribution in [0.1, 0.15) is 22.0 Å². The number of rotatable bonds is 4. The molecule has 2 N–H and O–H groups in total. The first-order chi connectivity index (χ1) is 13.1. The summed E-state index contributed by atoms with van der Waals surface area (Å²) in [6.07, 6.45) is 3.51. The minimum Gasteiger partial charge on any atom is -0.493 e. The number of carboxylic acid groups (broad SMARTS) is 1. The molecule has 0 radical (unpaired) electrons. The number of para-hydroxylation sites is 1. The van der Waals surface area contributed by atoms with Crippen LogP contribution in [-0.2, 0) is 4.79 Å². The van der Waals surface area contributed by atoms with E-state index >= 15 is 0 Å². The molecule has 4 rings (SSSR count). The van der Waals surface area contributed by atoms with E-state index in [1.807, 2.05) is 30.3 Å². The van der Waals surface area contributed by atoms with Crippen molar-refractivity contribution in [2.24, 2.45) is 4.99 Å². The third kappa shape index (κ3) is 3.11. The number of thiazole rings is 1. The Hall–Kier alpha value is -3.03. The zero-order valence-electron chi connectivity index (χ0n) is 13.9. The number of aromatic hydroxyl groups is 1. The number of nitrogens with zero attached hydrogens (tertiary/aromatic N) is 2. The Morgan fingerprint density at radius 3 is 2.59 bits per heavy atom. The standard InChI is InChI=1S/C20H14N2O3S2/c23-18-16(10-13-11-21-15-9-5-4-8-14(13)15)27-20(26)22(18)17(19(24)25)12-6-2-1-3-7-12/h1-11,17,23H,(H,24,25)/b13-10+/t17-/m1/s1. The van der Waals surface area contributed by atoms with Crippen molar-refractivity contribution in [1.29, 1.82) is 0 Å². The zero-order valence-corrected chi connectivity index (χ0v) is 15.6. The number of aromatic nitrogens is 1. The molecule has 1 aromatic heterocycles. The molecule has 2 aromatic carbocycles. The topological polar surface area (TPSA) is 74.8 Å². The van der Waals surface area contributed by atoms with Crippen LogP contribution in [0.3, 0.4) is 0 Å². The van der Waals surface area contributed by atoms with E-state index in [-0.39, 0.29) is 5.88 Å². The van der Waals surface area contributed by atoms with Gasteiger partial charge in [-0.25, -0.2) is 4.79 Å². The van der Waals surface area contributed by atoms with Crippen molar-refractivity contribution in [3.63, 3.8) is 0 Å². The van der Waals surface area contributed by atoms with E-state index in [4.69, 9.17) is 12.2 Å². The van der Waals surface area contributed by atoms with Crippen LogP contribution in [0, 0.1) is 3.95 Å². The van der Waals surface area contributed by atoms with Gasteiger partial charge in [-0.15, -0.1) is 11.3 Å². The summed E-state index contributed by atoms with van der Waals surface area (Å²) < 4.78 is 1.57. The van der Waals surface area contributed by atoms with Gasteiger partial charge in [-0.05, 0) is 29.9 Å². The molecule has 0 unspecified atom stereocenters. The molecule has 3 aromatic rings. The van der Waals surface area contributed by atoms with Crippen molar-refractivity contribution in [1.82, 2.24) is 4.57 Å². The molecule has 7 heteroatoms. The lowest BCUT2D eigenvalue weighted by molar-refractivity contribution is -0.139. The van der Waals surface area contributed by atoms with Crippen molar-refractivity contribution >= 4 is 53.1 Å². The first-order valence-corrected chi connectivity index (χ1v) is 9.36. The maximum atomic E-state index is 11.9. The molecule has 27 heavy (non-hydrogen) atoms. The summed E-state index contributed by atoms with van der Waals surface area (Å²) in [6.45, 7) is 0. The van der Waals surface area contributed by atoms with Gasteiger partial charge in [0.05, 0.1) is 10.6 Å². The minimum absolute atomic E-state index is 0.161. The number of carboxylic acids is 1. The molecular weight excluding hydrogens is 380 g/mol. The molecule has 2 heterocycles. The van der Waals surface area contributed by atoms with Gasteiger partial charge in [0.1, 0.15) is 0 Å². The van der Waals surface area contributed by atoms with Crippen molar-refractivity contribution in [3.8, 4) is 5.88 Å². The minimum atomic E-state index is -1.09. The molecule has 1 aliphatic rings. The number of fused-ring (bicyclic) bond motifs is 1. The van der Waals surface area contributed by atoms with Gasteiger partial charge in [0.2, 0.25) is 5.88 Å². The highest BCUT2D eigenvalue weighted by molar-refractivity contribution is 7.73. The van der Waals surface area contributed by atoms with Gasteiger partial charge in [-0.1, -0.05) is 48.5 Å². The summed E-state index contributed by atoms with van der Waals surface area (Å²) in [5, 5.41) is 20.5. The Morgan fingerprint density at radius 1 is 1.15 bits per heavy atom. The van der Waals surface area contributed by atoms with E-state index in [1.54, 1.807) is 36.6 Å². The summed E-state index contributed by atoms with van der Waals surface area (Å²) in [5.41, 5.74) is 3.21. The molecule has 0 fully saturated rings. The third-order valence-electron chi connectivity index (χ3n) is 4.29. The number of benzene rings is 2. The van der Waals surface area contributed by atoms with Crippen molar-refractivity contribution < 1.29 is 15.0 Å². The Balaban J connectivity index is 1.82. The number of hydrogen-bond donors (Lipinski definition) is 2. The van der Waals surface area contributed by atoms with E-state index < -0.39 is 12.0 Å². The second-order valence-electron chi connectivity index (χ2n) is 5.95. The van der Waals surface area contributed by atoms with Crippen molar-refractivity contribution in [2.45, 2.75) is 6.04 Å². The van der Waals surface area contributed by atoms with Crippen molar-refractivity contribution in [3.05, 3.63) is 74.6 Å². The SMILES string of the molecule is O=C(O)[C@@H](c1ccccc1)n1c(O)c(/C=C2\C=Nc3ccccc32)sc1=S. The number of allylic oxidation sites excluding steroid dienone is 1. The maximum absolute atomic E-state index is 11.9.